The molecule has 2 rings (SSSR count). The zero-order valence-corrected chi connectivity index (χ0v) is 10.00. The average molecular weight is 213 g/mol. The van der Waals surface area contributed by atoms with Crippen molar-refractivity contribution in [2.45, 2.75) is 32.2 Å². The standard InChI is InChI=1S/C12H23NO2/c1-3-13(11-4-7-15-8-11)9-12(5-6-12)10-14-2/h11H,3-10H2,1-2H3. The quantitative estimate of drug-likeness (QED) is 0.668. The van der Waals surface area contributed by atoms with Crippen molar-refractivity contribution >= 4 is 0 Å². The van der Waals surface area contributed by atoms with E-state index >= 15 is 0 Å². The highest BCUT2D eigenvalue weighted by Crippen LogP contribution is 2.46. The van der Waals surface area contributed by atoms with Gasteiger partial charge in [0.15, 0.2) is 0 Å². The van der Waals surface area contributed by atoms with Crippen LogP contribution in [0.3, 0.4) is 0 Å². The van der Waals surface area contributed by atoms with Gasteiger partial charge in [-0.3, -0.25) is 4.90 Å². The van der Waals surface area contributed by atoms with Crippen molar-refractivity contribution in [2.75, 3.05) is 40.0 Å². The van der Waals surface area contributed by atoms with E-state index in [1.807, 2.05) is 7.11 Å². The third kappa shape index (κ3) is 2.71. The molecular weight excluding hydrogens is 190 g/mol. The lowest BCUT2D eigenvalue weighted by Gasteiger charge is -2.30. The van der Waals surface area contributed by atoms with E-state index in [0.29, 0.717) is 11.5 Å². The first kappa shape index (κ1) is 11.4. The number of likely N-dealkylation sites (N-methyl/N-ethyl adjacent to an activating group) is 1. The zero-order valence-electron chi connectivity index (χ0n) is 10.00. The van der Waals surface area contributed by atoms with Crippen LogP contribution in [-0.4, -0.2) is 51.0 Å². The van der Waals surface area contributed by atoms with E-state index in [-0.39, 0.29) is 0 Å². The van der Waals surface area contributed by atoms with E-state index in [4.69, 9.17) is 9.47 Å². The molecule has 1 heterocycles. The van der Waals surface area contributed by atoms with Gasteiger partial charge in [0.25, 0.3) is 0 Å². The summed E-state index contributed by atoms with van der Waals surface area (Å²) >= 11 is 0. The highest BCUT2D eigenvalue weighted by molar-refractivity contribution is 4.96. The molecule has 1 atom stereocenters. The summed E-state index contributed by atoms with van der Waals surface area (Å²) in [5, 5.41) is 0. The summed E-state index contributed by atoms with van der Waals surface area (Å²) in [6.07, 6.45) is 3.88. The molecule has 0 aromatic carbocycles. The fraction of sp³-hybridized carbons (Fsp3) is 1.00. The molecule has 1 saturated heterocycles. The molecule has 0 aromatic heterocycles. The molecule has 0 N–H and O–H groups in total. The molecule has 0 spiro atoms. The van der Waals surface area contributed by atoms with Crippen LogP contribution in [0.4, 0.5) is 0 Å². The molecule has 1 aliphatic heterocycles. The highest BCUT2D eigenvalue weighted by atomic mass is 16.5. The average Bonchev–Trinajstić information content (AvgIpc) is 2.81. The van der Waals surface area contributed by atoms with Crippen molar-refractivity contribution in [3.8, 4) is 0 Å². The van der Waals surface area contributed by atoms with Crippen molar-refractivity contribution in [2.24, 2.45) is 5.41 Å². The molecule has 1 aliphatic carbocycles. The summed E-state index contributed by atoms with van der Waals surface area (Å²) in [6, 6.07) is 0.657. The summed E-state index contributed by atoms with van der Waals surface area (Å²) in [5.41, 5.74) is 0.480. The van der Waals surface area contributed by atoms with Crippen LogP contribution in [0.15, 0.2) is 0 Å². The van der Waals surface area contributed by atoms with E-state index in [9.17, 15) is 0 Å². The minimum Gasteiger partial charge on any atom is -0.384 e. The number of hydrogen-bond donors (Lipinski definition) is 0. The van der Waals surface area contributed by atoms with Crippen molar-refractivity contribution < 1.29 is 9.47 Å². The van der Waals surface area contributed by atoms with Crippen LogP contribution in [0.2, 0.25) is 0 Å². The van der Waals surface area contributed by atoms with Crippen LogP contribution in [0.1, 0.15) is 26.2 Å². The predicted octanol–water partition coefficient (Wildman–Crippen LogP) is 1.52. The fourth-order valence-electron chi connectivity index (χ4n) is 2.57. The Morgan fingerprint density at radius 1 is 1.47 bits per heavy atom. The summed E-state index contributed by atoms with van der Waals surface area (Å²) in [7, 11) is 1.81. The first-order valence-electron chi connectivity index (χ1n) is 6.10. The minimum absolute atomic E-state index is 0.480. The molecule has 1 saturated carbocycles. The van der Waals surface area contributed by atoms with Crippen molar-refractivity contribution in [1.29, 1.82) is 0 Å². The van der Waals surface area contributed by atoms with Gasteiger partial charge in [-0.1, -0.05) is 6.92 Å². The van der Waals surface area contributed by atoms with Gasteiger partial charge in [-0.2, -0.15) is 0 Å². The minimum atomic E-state index is 0.480. The van der Waals surface area contributed by atoms with Gasteiger partial charge in [0.05, 0.1) is 13.2 Å². The lowest BCUT2D eigenvalue weighted by atomic mass is 10.1. The van der Waals surface area contributed by atoms with Crippen LogP contribution >= 0.6 is 0 Å². The van der Waals surface area contributed by atoms with Crippen molar-refractivity contribution in [3.05, 3.63) is 0 Å². The topological polar surface area (TPSA) is 21.7 Å². The Morgan fingerprint density at radius 3 is 2.73 bits per heavy atom. The molecule has 3 heteroatoms. The number of hydrogen-bond acceptors (Lipinski definition) is 3. The highest BCUT2D eigenvalue weighted by Gasteiger charge is 2.44. The maximum Gasteiger partial charge on any atom is 0.0622 e. The molecule has 3 nitrogen and oxygen atoms in total. The lowest BCUT2D eigenvalue weighted by Crippen LogP contribution is -2.40. The zero-order chi connectivity index (χ0) is 10.7. The fourth-order valence-corrected chi connectivity index (χ4v) is 2.57. The summed E-state index contributed by atoms with van der Waals surface area (Å²) in [6.45, 7) is 7.39. The molecule has 0 radical (unpaired) electrons. The van der Waals surface area contributed by atoms with Gasteiger partial charge >= 0.3 is 0 Å². The predicted molar refractivity (Wildman–Crippen MR) is 60.0 cm³/mol. The molecule has 0 amide bonds. The normalized spacial score (nSPS) is 28.6. The van der Waals surface area contributed by atoms with Gasteiger partial charge in [0.1, 0.15) is 0 Å². The van der Waals surface area contributed by atoms with E-state index in [2.05, 4.69) is 11.8 Å². The Labute approximate surface area is 92.7 Å². The van der Waals surface area contributed by atoms with Gasteiger partial charge < -0.3 is 9.47 Å². The molecule has 1 unspecified atom stereocenters. The monoisotopic (exact) mass is 213 g/mol. The van der Waals surface area contributed by atoms with Crippen LogP contribution in [0.5, 0.6) is 0 Å². The number of methoxy groups -OCH3 is 1. The number of rotatable bonds is 6. The largest absolute Gasteiger partial charge is 0.384 e. The summed E-state index contributed by atoms with van der Waals surface area (Å²) in [4.78, 5) is 2.58. The van der Waals surface area contributed by atoms with Gasteiger partial charge in [0, 0.05) is 31.7 Å². The second kappa shape index (κ2) is 4.81. The van der Waals surface area contributed by atoms with Gasteiger partial charge in [-0.25, -0.2) is 0 Å². The van der Waals surface area contributed by atoms with E-state index in [1.165, 1.54) is 25.8 Å². The van der Waals surface area contributed by atoms with Crippen LogP contribution in [-0.2, 0) is 9.47 Å². The van der Waals surface area contributed by atoms with Gasteiger partial charge in [0.2, 0.25) is 0 Å². The van der Waals surface area contributed by atoms with E-state index in [0.717, 1.165) is 26.4 Å². The van der Waals surface area contributed by atoms with Gasteiger partial charge in [-0.15, -0.1) is 0 Å². The maximum absolute atomic E-state index is 5.46. The molecule has 0 aromatic rings. The van der Waals surface area contributed by atoms with Crippen molar-refractivity contribution in [1.82, 2.24) is 4.90 Å². The Kier molecular flexibility index (Phi) is 3.65. The van der Waals surface area contributed by atoms with Crippen LogP contribution < -0.4 is 0 Å². The first-order chi connectivity index (χ1) is 7.29. The van der Waals surface area contributed by atoms with E-state index in [1.54, 1.807) is 0 Å². The first-order valence-corrected chi connectivity index (χ1v) is 6.10. The molecule has 88 valence electrons. The summed E-state index contributed by atoms with van der Waals surface area (Å²) in [5.74, 6) is 0. The van der Waals surface area contributed by atoms with E-state index < -0.39 is 0 Å². The molecule has 2 fully saturated rings. The third-order valence-electron chi connectivity index (χ3n) is 3.77. The van der Waals surface area contributed by atoms with Crippen LogP contribution in [0, 0.1) is 5.41 Å². The van der Waals surface area contributed by atoms with Crippen molar-refractivity contribution in [3.63, 3.8) is 0 Å². The number of ether oxygens (including phenoxy) is 2. The lowest BCUT2D eigenvalue weighted by molar-refractivity contribution is 0.0846. The SMILES string of the molecule is CCN(CC1(COC)CC1)C1CCOC1. The summed E-state index contributed by atoms with van der Waals surface area (Å²) < 4.78 is 10.8. The Bertz CT molecular complexity index is 198. The van der Waals surface area contributed by atoms with Gasteiger partial charge in [-0.05, 0) is 25.8 Å². The second-order valence-electron chi connectivity index (χ2n) is 5.01. The second-order valence-corrected chi connectivity index (χ2v) is 5.01. The Morgan fingerprint density at radius 2 is 2.27 bits per heavy atom. The van der Waals surface area contributed by atoms with Crippen LogP contribution in [0.25, 0.3) is 0 Å². The third-order valence-corrected chi connectivity index (χ3v) is 3.77. The molecule has 2 aliphatic rings. The Hall–Kier alpha value is -0.120. The molecular formula is C12H23NO2. The Balaban J connectivity index is 1.84. The smallest absolute Gasteiger partial charge is 0.0622 e. The maximum atomic E-state index is 5.46. The molecule has 15 heavy (non-hydrogen) atoms. The number of nitrogens with zero attached hydrogens (tertiary/aromatic N) is 1. The molecule has 0 bridgehead atoms.